The normalized spacial score (nSPS) is 19.3. The molecule has 1 unspecified atom stereocenters. The van der Waals surface area contributed by atoms with E-state index in [-0.39, 0.29) is 0 Å². The van der Waals surface area contributed by atoms with Gasteiger partial charge >= 0.3 is 0 Å². The Hall–Kier alpha value is -0.430. The Kier molecular flexibility index (Phi) is 3.74. The molecule has 0 aliphatic carbocycles. The number of hydrogen-bond acceptors (Lipinski definition) is 0. The zero-order valence-corrected chi connectivity index (χ0v) is 10.6. The molecule has 1 aromatic rings. The molecule has 1 atom stereocenters. The van der Waals surface area contributed by atoms with E-state index in [1.54, 1.807) is 5.56 Å². The summed E-state index contributed by atoms with van der Waals surface area (Å²) in [5.41, 5.74) is 3.11. The van der Waals surface area contributed by atoms with Crippen LogP contribution in [0, 0.1) is 6.92 Å². The Morgan fingerprint density at radius 1 is 1.20 bits per heavy atom. The molecule has 0 nitrogen and oxygen atoms in total. The fourth-order valence-corrected chi connectivity index (χ4v) is 5.56. The Bertz CT molecular complexity index is 313. The molecular weight excluding hydrogens is 200 g/mol. The lowest BCUT2D eigenvalue weighted by atomic mass is 10.0. The molecule has 1 fully saturated rings. The molecule has 1 aromatic carbocycles. The molecule has 0 bridgehead atoms. The zero-order valence-electron chi connectivity index (χ0n) is 9.83. The second kappa shape index (κ2) is 5.07. The maximum Gasteiger partial charge on any atom is 0.143 e. The highest BCUT2D eigenvalue weighted by Crippen LogP contribution is 2.34. The van der Waals surface area contributed by atoms with E-state index in [0.29, 0.717) is 10.9 Å². The second-order valence-electron chi connectivity index (χ2n) is 4.41. The maximum absolute atomic E-state index is 2.35. The average Bonchev–Trinajstić information content (AvgIpc) is 2.75. The van der Waals surface area contributed by atoms with Crippen molar-refractivity contribution in [3.63, 3.8) is 0 Å². The number of aryl methyl sites for hydroxylation is 1. The van der Waals surface area contributed by atoms with Gasteiger partial charge in [-0.15, -0.1) is 0 Å². The molecule has 82 valence electrons. The lowest BCUT2D eigenvalue weighted by molar-refractivity contribution is 0.878. The van der Waals surface area contributed by atoms with Crippen molar-refractivity contribution in [3.8, 4) is 0 Å². The van der Waals surface area contributed by atoms with E-state index in [9.17, 15) is 0 Å². The molecular formula is C14H21S+. The van der Waals surface area contributed by atoms with Crippen LogP contribution in [0.5, 0.6) is 0 Å². The zero-order chi connectivity index (χ0) is 10.7. The third-order valence-electron chi connectivity index (χ3n) is 3.37. The largest absolute Gasteiger partial charge is 0.143 e. The average molecular weight is 221 g/mol. The summed E-state index contributed by atoms with van der Waals surface area (Å²) in [7, 11) is 0.674. The van der Waals surface area contributed by atoms with Crippen molar-refractivity contribution in [1.82, 2.24) is 0 Å². The van der Waals surface area contributed by atoms with Crippen LogP contribution in [-0.4, -0.2) is 11.5 Å². The Morgan fingerprint density at radius 3 is 2.47 bits per heavy atom. The summed E-state index contributed by atoms with van der Waals surface area (Å²) in [4.78, 5) is 0. The second-order valence-corrected chi connectivity index (χ2v) is 6.87. The van der Waals surface area contributed by atoms with Crippen molar-refractivity contribution in [1.29, 1.82) is 0 Å². The van der Waals surface area contributed by atoms with Crippen LogP contribution in [0.3, 0.4) is 0 Å². The van der Waals surface area contributed by atoms with Gasteiger partial charge in [0.05, 0.1) is 0 Å². The molecule has 2 rings (SSSR count). The summed E-state index contributed by atoms with van der Waals surface area (Å²) in [6.07, 6.45) is 4.24. The maximum atomic E-state index is 2.35. The van der Waals surface area contributed by atoms with E-state index >= 15 is 0 Å². The summed E-state index contributed by atoms with van der Waals surface area (Å²) in [6.45, 7) is 4.61. The van der Waals surface area contributed by atoms with Gasteiger partial charge in [0.25, 0.3) is 0 Å². The highest BCUT2D eigenvalue weighted by atomic mass is 32.2. The van der Waals surface area contributed by atoms with Gasteiger partial charge in [0.15, 0.2) is 0 Å². The van der Waals surface area contributed by atoms with Crippen LogP contribution in [0.15, 0.2) is 24.3 Å². The van der Waals surface area contributed by atoms with Crippen molar-refractivity contribution < 1.29 is 0 Å². The minimum atomic E-state index is 0.674. The first-order chi connectivity index (χ1) is 7.33. The number of rotatable bonds is 3. The van der Waals surface area contributed by atoms with Crippen molar-refractivity contribution in [2.24, 2.45) is 0 Å². The van der Waals surface area contributed by atoms with Crippen LogP contribution in [0.4, 0.5) is 0 Å². The van der Waals surface area contributed by atoms with Crippen LogP contribution in [0.2, 0.25) is 0 Å². The summed E-state index contributed by atoms with van der Waals surface area (Å²) >= 11 is 0. The first-order valence-electron chi connectivity index (χ1n) is 6.04. The molecule has 15 heavy (non-hydrogen) atoms. The lowest BCUT2D eigenvalue weighted by Gasteiger charge is -2.16. The van der Waals surface area contributed by atoms with Crippen molar-refractivity contribution in [2.75, 3.05) is 11.5 Å². The Morgan fingerprint density at radius 2 is 1.87 bits per heavy atom. The van der Waals surface area contributed by atoms with E-state index in [1.807, 2.05) is 0 Å². The summed E-state index contributed by atoms with van der Waals surface area (Å²) in [5, 5.41) is 0.841. The minimum absolute atomic E-state index is 0.674. The number of benzene rings is 1. The molecule has 1 heterocycles. The molecule has 0 aromatic heterocycles. The fraction of sp³-hybridized carbons (Fsp3) is 0.571. The van der Waals surface area contributed by atoms with Gasteiger partial charge in [0.2, 0.25) is 0 Å². The van der Waals surface area contributed by atoms with Crippen molar-refractivity contribution >= 4 is 10.9 Å². The molecule has 0 saturated carbocycles. The smallest absolute Gasteiger partial charge is 0.0620 e. The molecule has 0 radical (unpaired) electrons. The van der Waals surface area contributed by atoms with E-state index in [2.05, 4.69) is 38.1 Å². The van der Waals surface area contributed by atoms with Gasteiger partial charge in [0.1, 0.15) is 16.8 Å². The number of hydrogen-bond donors (Lipinski definition) is 0. The van der Waals surface area contributed by atoms with Gasteiger partial charge in [0, 0.05) is 5.56 Å². The van der Waals surface area contributed by atoms with Gasteiger partial charge in [-0.25, -0.2) is 0 Å². The van der Waals surface area contributed by atoms with Gasteiger partial charge in [-0.1, -0.05) is 31.2 Å². The van der Waals surface area contributed by atoms with Crippen LogP contribution in [-0.2, 0) is 10.9 Å². The first-order valence-corrected chi connectivity index (χ1v) is 7.67. The highest BCUT2D eigenvalue weighted by Gasteiger charge is 2.34. The molecule has 1 saturated heterocycles. The van der Waals surface area contributed by atoms with Crippen LogP contribution < -0.4 is 0 Å². The SMILES string of the molecule is CCC(c1ccccc1C)[S+]1CCCC1. The summed E-state index contributed by atoms with van der Waals surface area (Å²) in [6, 6.07) is 8.96. The monoisotopic (exact) mass is 221 g/mol. The van der Waals surface area contributed by atoms with E-state index in [4.69, 9.17) is 0 Å². The summed E-state index contributed by atoms with van der Waals surface area (Å²) in [5.74, 6) is 2.96. The van der Waals surface area contributed by atoms with Crippen LogP contribution >= 0.6 is 0 Å². The fourth-order valence-electron chi connectivity index (χ4n) is 2.54. The van der Waals surface area contributed by atoms with E-state index in [1.165, 1.54) is 36.3 Å². The van der Waals surface area contributed by atoms with Crippen molar-refractivity contribution in [2.45, 2.75) is 38.4 Å². The van der Waals surface area contributed by atoms with Crippen LogP contribution in [0.1, 0.15) is 42.6 Å². The minimum Gasteiger partial charge on any atom is -0.0620 e. The predicted molar refractivity (Wildman–Crippen MR) is 70.5 cm³/mol. The quantitative estimate of drug-likeness (QED) is 0.680. The molecule has 1 aliphatic rings. The van der Waals surface area contributed by atoms with E-state index < -0.39 is 0 Å². The van der Waals surface area contributed by atoms with Gasteiger partial charge in [-0.2, -0.15) is 0 Å². The van der Waals surface area contributed by atoms with Gasteiger partial charge < -0.3 is 0 Å². The predicted octanol–water partition coefficient (Wildman–Crippen LogP) is 3.86. The standard InChI is InChI=1S/C14H21S/c1-3-14(15-10-6-7-11-15)13-9-5-4-8-12(13)2/h4-5,8-9,14H,3,6-7,10-11H2,1-2H3/q+1. The van der Waals surface area contributed by atoms with E-state index in [0.717, 1.165) is 5.25 Å². The van der Waals surface area contributed by atoms with Gasteiger partial charge in [-0.05, 0) is 42.6 Å². The Labute approximate surface area is 96.4 Å². The third kappa shape index (κ3) is 2.39. The first kappa shape index (κ1) is 11.1. The summed E-state index contributed by atoms with van der Waals surface area (Å²) < 4.78 is 0. The Balaban J connectivity index is 2.22. The lowest BCUT2D eigenvalue weighted by Crippen LogP contribution is -2.15. The topological polar surface area (TPSA) is 0 Å². The third-order valence-corrected chi connectivity index (χ3v) is 6.39. The highest BCUT2D eigenvalue weighted by molar-refractivity contribution is 7.97. The molecule has 1 heteroatoms. The van der Waals surface area contributed by atoms with Gasteiger partial charge in [-0.3, -0.25) is 0 Å². The van der Waals surface area contributed by atoms with Crippen LogP contribution in [0.25, 0.3) is 0 Å². The molecule has 1 aliphatic heterocycles. The molecule has 0 N–H and O–H groups in total. The van der Waals surface area contributed by atoms with Crippen molar-refractivity contribution in [3.05, 3.63) is 35.4 Å². The molecule has 0 amide bonds. The molecule has 0 spiro atoms.